The molecule has 1 aromatic carbocycles. The van der Waals surface area contributed by atoms with Crippen LogP contribution in [0.2, 0.25) is 0 Å². The van der Waals surface area contributed by atoms with E-state index in [0.29, 0.717) is 6.61 Å². The molecule has 102 valence electrons. The standard InChI is InChI=1S/C14H18N2O3/c17-11-16-7-5-15(6-8-16)9-12-10-18-13-3-1-2-4-14(13)19-12/h1-4,11-12H,5-10H2. The number of fused-ring (bicyclic) bond motifs is 1. The summed E-state index contributed by atoms with van der Waals surface area (Å²) < 4.78 is 11.6. The first-order valence-electron chi connectivity index (χ1n) is 6.65. The van der Waals surface area contributed by atoms with Crippen LogP contribution in [0.1, 0.15) is 0 Å². The first kappa shape index (κ1) is 12.3. The molecule has 1 fully saturated rings. The minimum absolute atomic E-state index is 0.0673. The molecule has 0 N–H and O–H groups in total. The van der Waals surface area contributed by atoms with Crippen molar-refractivity contribution in [3.63, 3.8) is 0 Å². The molecule has 1 aromatic rings. The minimum atomic E-state index is 0.0673. The third-order valence-electron chi connectivity index (χ3n) is 3.59. The third kappa shape index (κ3) is 2.81. The molecule has 3 rings (SSSR count). The average molecular weight is 262 g/mol. The van der Waals surface area contributed by atoms with Gasteiger partial charge in [0.25, 0.3) is 0 Å². The van der Waals surface area contributed by atoms with Crippen molar-refractivity contribution in [1.82, 2.24) is 9.80 Å². The molecule has 0 bridgehead atoms. The van der Waals surface area contributed by atoms with Gasteiger partial charge in [-0.15, -0.1) is 0 Å². The van der Waals surface area contributed by atoms with E-state index in [-0.39, 0.29) is 6.10 Å². The number of rotatable bonds is 3. The summed E-state index contributed by atoms with van der Waals surface area (Å²) in [5.74, 6) is 1.65. The van der Waals surface area contributed by atoms with Crippen molar-refractivity contribution in [1.29, 1.82) is 0 Å². The lowest BCUT2D eigenvalue weighted by Crippen LogP contribution is -2.50. The van der Waals surface area contributed by atoms with Gasteiger partial charge in [-0.25, -0.2) is 0 Å². The minimum Gasteiger partial charge on any atom is -0.486 e. The SMILES string of the molecule is O=CN1CCN(CC2COc3ccccc3O2)CC1. The fourth-order valence-electron chi connectivity index (χ4n) is 2.49. The van der Waals surface area contributed by atoms with E-state index < -0.39 is 0 Å². The second kappa shape index (κ2) is 5.48. The molecule has 5 heteroatoms. The zero-order valence-electron chi connectivity index (χ0n) is 10.8. The smallest absolute Gasteiger partial charge is 0.209 e. The van der Waals surface area contributed by atoms with Crippen LogP contribution in [0.5, 0.6) is 11.5 Å². The van der Waals surface area contributed by atoms with Gasteiger partial charge in [0, 0.05) is 32.7 Å². The molecule has 1 atom stereocenters. The Morgan fingerprint density at radius 3 is 2.63 bits per heavy atom. The zero-order valence-corrected chi connectivity index (χ0v) is 10.8. The fraction of sp³-hybridized carbons (Fsp3) is 0.500. The van der Waals surface area contributed by atoms with Gasteiger partial charge in [-0.1, -0.05) is 12.1 Å². The van der Waals surface area contributed by atoms with Gasteiger partial charge in [0.1, 0.15) is 12.7 Å². The highest BCUT2D eigenvalue weighted by molar-refractivity contribution is 5.47. The summed E-state index contributed by atoms with van der Waals surface area (Å²) in [6, 6.07) is 7.76. The molecular formula is C14H18N2O3. The van der Waals surface area contributed by atoms with E-state index >= 15 is 0 Å². The van der Waals surface area contributed by atoms with E-state index in [1.54, 1.807) is 0 Å². The number of ether oxygens (including phenoxy) is 2. The first-order valence-corrected chi connectivity index (χ1v) is 6.65. The van der Waals surface area contributed by atoms with Gasteiger partial charge in [0.2, 0.25) is 6.41 Å². The van der Waals surface area contributed by atoms with Crippen LogP contribution in [0.15, 0.2) is 24.3 Å². The summed E-state index contributed by atoms with van der Waals surface area (Å²) in [5, 5.41) is 0. The van der Waals surface area contributed by atoms with E-state index in [1.807, 2.05) is 29.2 Å². The molecule has 2 aliphatic rings. The number of benzene rings is 1. The van der Waals surface area contributed by atoms with Gasteiger partial charge in [0.15, 0.2) is 11.5 Å². The van der Waals surface area contributed by atoms with Crippen LogP contribution >= 0.6 is 0 Å². The van der Waals surface area contributed by atoms with Crippen molar-refractivity contribution in [2.45, 2.75) is 6.10 Å². The Bertz CT molecular complexity index is 444. The number of carbonyl (C=O) groups is 1. The molecule has 2 aliphatic heterocycles. The largest absolute Gasteiger partial charge is 0.486 e. The lowest BCUT2D eigenvalue weighted by Gasteiger charge is -2.35. The summed E-state index contributed by atoms with van der Waals surface area (Å²) in [6.45, 7) is 4.84. The zero-order chi connectivity index (χ0) is 13.1. The summed E-state index contributed by atoms with van der Waals surface area (Å²) in [5.41, 5.74) is 0. The highest BCUT2D eigenvalue weighted by Gasteiger charge is 2.24. The number of nitrogens with zero attached hydrogens (tertiary/aromatic N) is 2. The number of hydrogen-bond donors (Lipinski definition) is 0. The van der Waals surface area contributed by atoms with Crippen LogP contribution in [0.4, 0.5) is 0 Å². The predicted molar refractivity (Wildman–Crippen MR) is 70.4 cm³/mol. The van der Waals surface area contributed by atoms with Crippen LogP contribution in [0.3, 0.4) is 0 Å². The fourth-order valence-corrected chi connectivity index (χ4v) is 2.49. The Kier molecular flexibility index (Phi) is 3.55. The second-order valence-corrected chi connectivity index (χ2v) is 4.94. The molecule has 0 radical (unpaired) electrons. The number of hydrogen-bond acceptors (Lipinski definition) is 4. The van der Waals surface area contributed by atoms with Crippen LogP contribution in [-0.4, -0.2) is 61.6 Å². The normalized spacial score (nSPS) is 23.2. The van der Waals surface area contributed by atoms with Crippen LogP contribution in [0, 0.1) is 0 Å². The van der Waals surface area contributed by atoms with E-state index in [2.05, 4.69) is 4.90 Å². The van der Waals surface area contributed by atoms with Crippen molar-refractivity contribution in [3.8, 4) is 11.5 Å². The maximum atomic E-state index is 10.7. The van der Waals surface area contributed by atoms with Crippen LogP contribution in [-0.2, 0) is 4.79 Å². The van der Waals surface area contributed by atoms with E-state index in [1.165, 1.54) is 0 Å². The Morgan fingerprint density at radius 1 is 1.16 bits per heavy atom. The maximum absolute atomic E-state index is 10.7. The number of piperazine rings is 1. The summed E-state index contributed by atoms with van der Waals surface area (Å²) >= 11 is 0. The Morgan fingerprint density at radius 2 is 1.89 bits per heavy atom. The molecule has 0 spiro atoms. The van der Waals surface area contributed by atoms with Gasteiger partial charge in [0.05, 0.1) is 0 Å². The predicted octanol–water partition coefficient (Wildman–Crippen LogP) is 0.600. The quantitative estimate of drug-likeness (QED) is 0.748. The number of para-hydroxylation sites is 2. The summed E-state index contributed by atoms with van der Waals surface area (Å²) in [7, 11) is 0. The molecule has 5 nitrogen and oxygen atoms in total. The highest BCUT2D eigenvalue weighted by Crippen LogP contribution is 2.31. The van der Waals surface area contributed by atoms with Crippen molar-refractivity contribution >= 4 is 6.41 Å². The molecule has 0 aliphatic carbocycles. The van der Waals surface area contributed by atoms with Gasteiger partial charge in [-0.05, 0) is 12.1 Å². The number of carbonyl (C=O) groups excluding carboxylic acids is 1. The first-order chi connectivity index (χ1) is 9.35. The van der Waals surface area contributed by atoms with E-state index in [4.69, 9.17) is 9.47 Å². The van der Waals surface area contributed by atoms with E-state index in [0.717, 1.165) is 50.6 Å². The molecule has 1 unspecified atom stereocenters. The van der Waals surface area contributed by atoms with E-state index in [9.17, 15) is 4.79 Å². The molecule has 2 heterocycles. The van der Waals surface area contributed by atoms with Crippen molar-refractivity contribution in [2.75, 3.05) is 39.3 Å². The second-order valence-electron chi connectivity index (χ2n) is 4.94. The number of amides is 1. The lowest BCUT2D eigenvalue weighted by molar-refractivity contribution is -0.119. The molecule has 1 amide bonds. The summed E-state index contributed by atoms with van der Waals surface area (Å²) in [6.07, 6.45) is 0.992. The summed E-state index contributed by atoms with van der Waals surface area (Å²) in [4.78, 5) is 14.8. The molecule has 0 saturated carbocycles. The van der Waals surface area contributed by atoms with Gasteiger partial charge >= 0.3 is 0 Å². The highest BCUT2D eigenvalue weighted by atomic mass is 16.6. The van der Waals surface area contributed by atoms with Gasteiger partial charge < -0.3 is 14.4 Å². The third-order valence-corrected chi connectivity index (χ3v) is 3.59. The topological polar surface area (TPSA) is 42.0 Å². The van der Waals surface area contributed by atoms with Crippen LogP contribution < -0.4 is 9.47 Å². The monoisotopic (exact) mass is 262 g/mol. The molecule has 0 aromatic heterocycles. The van der Waals surface area contributed by atoms with Crippen molar-refractivity contribution in [2.24, 2.45) is 0 Å². The lowest BCUT2D eigenvalue weighted by atomic mass is 10.2. The molecule has 19 heavy (non-hydrogen) atoms. The van der Waals surface area contributed by atoms with Crippen LogP contribution in [0.25, 0.3) is 0 Å². The van der Waals surface area contributed by atoms with Gasteiger partial charge in [-0.2, -0.15) is 0 Å². The average Bonchev–Trinajstić information content (AvgIpc) is 2.48. The van der Waals surface area contributed by atoms with Crippen molar-refractivity contribution < 1.29 is 14.3 Å². The Hall–Kier alpha value is -1.75. The van der Waals surface area contributed by atoms with Gasteiger partial charge in [-0.3, -0.25) is 9.69 Å². The molecule has 1 saturated heterocycles. The molecular weight excluding hydrogens is 244 g/mol. The Balaban J connectivity index is 1.54. The Labute approximate surface area is 112 Å². The maximum Gasteiger partial charge on any atom is 0.209 e. The van der Waals surface area contributed by atoms with Crippen molar-refractivity contribution in [3.05, 3.63) is 24.3 Å².